The fraction of sp³-hybridized carbons (Fsp3) is 0.263. The number of nitrogens with zero attached hydrogens (tertiary/aromatic N) is 1. The highest BCUT2D eigenvalue weighted by molar-refractivity contribution is 6.05. The van der Waals surface area contributed by atoms with Crippen molar-refractivity contribution in [2.75, 3.05) is 27.2 Å². The van der Waals surface area contributed by atoms with E-state index in [-0.39, 0.29) is 17.5 Å². The first-order valence-corrected chi connectivity index (χ1v) is 8.02. The minimum atomic E-state index is -0.361. The molecule has 2 aromatic rings. The Hall–Kier alpha value is -2.86. The molecule has 6 nitrogen and oxygen atoms in total. The molecule has 25 heavy (non-hydrogen) atoms. The summed E-state index contributed by atoms with van der Waals surface area (Å²) in [7, 11) is 3.84. The molecule has 0 bridgehead atoms. The van der Waals surface area contributed by atoms with Crippen LogP contribution in [0.2, 0.25) is 0 Å². The maximum Gasteiger partial charge on any atom is 0.267 e. The number of rotatable bonds is 7. The van der Waals surface area contributed by atoms with Crippen LogP contribution in [0.5, 0.6) is 0 Å². The van der Waals surface area contributed by atoms with Crippen LogP contribution in [-0.4, -0.2) is 43.9 Å². The van der Waals surface area contributed by atoms with Gasteiger partial charge in [0.05, 0.1) is 6.26 Å². The number of carbonyl (C=O) groups excluding carboxylic acids is 2. The molecule has 1 aromatic heterocycles. The van der Waals surface area contributed by atoms with E-state index in [0.29, 0.717) is 24.4 Å². The van der Waals surface area contributed by atoms with E-state index in [1.165, 1.54) is 12.3 Å². The second kappa shape index (κ2) is 8.84. The molecule has 0 saturated carbocycles. The second-order valence-electron chi connectivity index (χ2n) is 5.90. The highest BCUT2D eigenvalue weighted by atomic mass is 16.3. The van der Waals surface area contributed by atoms with Crippen LogP contribution in [0.15, 0.2) is 52.8 Å². The third kappa shape index (κ3) is 5.61. The van der Waals surface area contributed by atoms with E-state index in [1.54, 1.807) is 24.3 Å². The lowest BCUT2D eigenvalue weighted by Crippen LogP contribution is -2.37. The summed E-state index contributed by atoms with van der Waals surface area (Å²) in [5.41, 5.74) is 1.50. The maximum absolute atomic E-state index is 12.5. The van der Waals surface area contributed by atoms with Crippen LogP contribution in [0.4, 0.5) is 0 Å². The predicted molar refractivity (Wildman–Crippen MR) is 96.9 cm³/mol. The molecule has 6 heteroatoms. The van der Waals surface area contributed by atoms with E-state index in [2.05, 4.69) is 10.6 Å². The van der Waals surface area contributed by atoms with Crippen molar-refractivity contribution in [1.29, 1.82) is 0 Å². The van der Waals surface area contributed by atoms with Crippen molar-refractivity contribution in [3.05, 3.63) is 65.2 Å². The van der Waals surface area contributed by atoms with Gasteiger partial charge >= 0.3 is 0 Å². The van der Waals surface area contributed by atoms with E-state index in [0.717, 1.165) is 5.56 Å². The SMILES string of the molecule is Cc1ccccc1C(=O)N/C(=C\c1ccco1)C(=O)NCCN(C)C. The molecule has 0 aliphatic heterocycles. The standard InChI is InChI=1S/C19H23N3O3/c1-14-7-4-5-9-16(14)18(23)21-17(13-15-8-6-12-25-15)19(24)20-10-11-22(2)3/h4-9,12-13H,10-11H2,1-3H3,(H,20,24)(H,21,23)/b17-13-. The van der Waals surface area contributed by atoms with Crippen LogP contribution >= 0.6 is 0 Å². The quantitative estimate of drug-likeness (QED) is 0.756. The van der Waals surface area contributed by atoms with Crippen LogP contribution in [0.25, 0.3) is 6.08 Å². The van der Waals surface area contributed by atoms with Crippen LogP contribution in [0.1, 0.15) is 21.7 Å². The average Bonchev–Trinajstić information content (AvgIpc) is 3.07. The highest BCUT2D eigenvalue weighted by Gasteiger charge is 2.16. The van der Waals surface area contributed by atoms with Crippen molar-refractivity contribution in [2.24, 2.45) is 0 Å². The molecule has 2 rings (SSSR count). The number of nitrogens with one attached hydrogen (secondary N) is 2. The molecule has 0 aliphatic carbocycles. The van der Waals surface area contributed by atoms with Gasteiger partial charge in [0, 0.05) is 24.7 Å². The Bertz CT molecular complexity index is 749. The highest BCUT2D eigenvalue weighted by Crippen LogP contribution is 2.10. The number of amides is 2. The van der Waals surface area contributed by atoms with Crippen LogP contribution < -0.4 is 10.6 Å². The molecule has 2 amide bonds. The van der Waals surface area contributed by atoms with E-state index >= 15 is 0 Å². The molecule has 0 fully saturated rings. The summed E-state index contributed by atoms with van der Waals surface area (Å²) in [5, 5.41) is 5.48. The van der Waals surface area contributed by atoms with Gasteiger partial charge in [0.1, 0.15) is 11.5 Å². The average molecular weight is 341 g/mol. The third-order valence-electron chi connectivity index (χ3n) is 3.56. The van der Waals surface area contributed by atoms with Crippen molar-refractivity contribution in [3.63, 3.8) is 0 Å². The molecular formula is C19H23N3O3. The molecule has 0 atom stereocenters. The second-order valence-corrected chi connectivity index (χ2v) is 5.90. The van der Waals surface area contributed by atoms with E-state index in [4.69, 9.17) is 4.42 Å². The number of carbonyl (C=O) groups is 2. The summed E-state index contributed by atoms with van der Waals surface area (Å²) in [4.78, 5) is 26.9. The van der Waals surface area contributed by atoms with Crippen molar-refractivity contribution in [1.82, 2.24) is 15.5 Å². The van der Waals surface area contributed by atoms with Gasteiger partial charge in [0.15, 0.2) is 0 Å². The summed E-state index contributed by atoms with van der Waals surface area (Å²) in [5.74, 6) is -0.207. The number of likely N-dealkylation sites (N-methyl/N-ethyl adjacent to an activating group) is 1. The van der Waals surface area contributed by atoms with E-state index in [9.17, 15) is 9.59 Å². The van der Waals surface area contributed by atoms with Gasteiger partial charge in [-0.2, -0.15) is 0 Å². The zero-order chi connectivity index (χ0) is 18.2. The van der Waals surface area contributed by atoms with Gasteiger partial charge in [0.25, 0.3) is 11.8 Å². The molecule has 1 heterocycles. The van der Waals surface area contributed by atoms with Gasteiger partial charge in [-0.1, -0.05) is 18.2 Å². The van der Waals surface area contributed by atoms with Crippen molar-refractivity contribution < 1.29 is 14.0 Å². The first kappa shape index (κ1) is 18.5. The molecule has 0 radical (unpaired) electrons. The molecule has 0 saturated heterocycles. The number of aryl methyl sites for hydroxylation is 1. The van der Waals surface area contributed by atoms with E-state index < -0.39 is 0 Å². The van der Waals surface area contributed by atoms with Crippen molar-refractivity contribution >= 4 is 17.9 Å². The third-order valence-corrected chi connectivity index (χ3v) is 3.56. The van der Waals surface area contributed by atoms with Gasteiger partial charge in [-0.05, 0) is 44.8 Å². The molecular weight excluding hydrogens is 318 g/mol. The maximum atomic E-state index is 12.5. The van der Waals surface area contributed by atoms with E-state index in [1.807, 2.05) is 38.1 Å². The molecule has 0 unspecified atom stereocenters. The lowest BCUT2D eigenvalue weighted by atomic mass is 10.1. The number of hydrogen-bond donors (Lipinski definition) is 2. The summed E-state index contributed by atoms with van der Waals surface area (Å²) in [6.07, 6.45) is 3.03. The van der Waals surface area contributed by atoms with Gasteiger partial charge in [0.2, 0.25) is 0 Å². The minimum absolute atomic E-state index is 0.141. The number of hydrogen-bond acceptors (Lipinski definition) is 4. The Balaban J connectivity index is 2.16. The molecule has 2 N–H and O–H groups in total. The Labute approximate surface area is 147 Å². The monoisotopic (exact) mass is 341 g/mol. The van der Waals surface area contributed by atoms with Gasteiger partial charge in [-0.3, -0.25) is 9.59 Å². The normalized spacial score (nSPS) is 11.4. The van der Waals surface area contributed by atoms with Crippen LogP contribution in [0, 0.1) is 6.92 Å². The predicted octanol–water partition coefficient (Wildman–Crippen LogP) is 2.04. The summed E-state index contributed by atoms with van der Waals surface area (Å²) < 4.78 is 5.25. The largest absolute Gasteiger partial charge is 0.465 e. The fourth-order valence-corrected chi connectivity index (χ4v) is 2.18. The molecule has 132 valence electrons. The topological polar surface area (TPSA) is 74.6 Å². The van der Waals surface area contributed by atoms with Gasteiger partial charge in [-0.15, -0.1) is 0 Å². The van der Waals surface area contributed by atoms with Crippen LogP contribution in [0.3, 0.4) is 0 Å². The molecule has 0 aliphatic rings. The Kier molecular flexibility index (Phi) is 6.54. The van der Waals surface area contributed by atoms with Crippen molar-refractivity contribution in [3.8, 4) is 0 Å². The smallest absolute Gasteiger partial charge is 0.267 e. The lowest BCUT2D eigenvalue weighted by Gasteiger charge is -2.13. The Morgan fingerprint density at radius 2 is 1.92 bits per heavy atom. The first-order valence-electron chi connectivity index (χ1n) is 8.02. The van der Waals surface area contributed by atoms with Crippen molar-refractivity contribution in [2.45, 2.75) is 6.92 Å². The number of benzene rings is 1. The number of furan rings is 1. The van der Waals surface area contributed by atoms with Crippen LogP contribution in [-0.2, 0) is 4.79 Å². The summed E-state index contributed by atoms with van der Waals surface area (Å²) in [6, 6.07) is 10.7. The molecule has 0 spiro atoms. The summed E-state index contributed by atoms with van der Waals surface area (Å²) >= 11 is 0. The van der Waals surface area contributed by atoms with Gasteiger partial charge in [-0.25, -0.2) is 0 Å². The Morgan fingerprint density at radius 1 is 1.16 bits per heavy atom. The Morgan fingerprint density at radius 3 is 2.56 bits per heavy atom. The zero-order valence-corrected chi connectivity index (χ0v) is 14.7. The molecule has 1 aromatic carbocycles. The fourth-order valence-electron chi connectivity index (χ4n) is 2.18. The lowest BCUT2D eigenvalue weighted by molar-refractivity contribution is -0.117. The summed E-state index contributed by atoms with van der Waals surface area (Å²) in [6.45, 7) is 3.02. The van der Waals surface area contributed by atoms with Gasteiger partial charge < -0.3 is 20.0 Å². The minimum Gasteiger partial charge on any atom is -0.465 e. The first-order chi connectivity index (χ1) is 12.0. The zero-order valence-electron chi connectivity index (χ0n) is 14.7.